The molecule has 1 aliphatic carbocycles. The maximum Gasteiger partial charge on any atom is 0.185 e. The highest BCUT2D eigenvalue weighted by atomic mass is 79.9. The number of rotatable bonds is 2. The van der Waals surface area contributed by atoms with Crippen LogP contribution >= 0.6 is 15.9 Å². The third kappa shape index (κ3) is 2.42. The van der Waals surface area contributed by atoms with E-state index in [4.69, 9.17) is 4.42 Å². The van der Waals surface area contributed by atoms with Crippen LogP contribution in [0.1, 0.15) is 49.0 Å². The van der Waals surface area contributed by atoms with Gasteiger partial charge in [0.25, 0.3) is 0 Å². The zero-order valence-electron chi connectivity index (χ0n) is 13.2. The molecule has 1 aromatic carbocycles. The SMILES string of the molecule is Cc1cc2oc(C)c(S(=O)(=O)C3CCCCC3)c2c(C)c1Br. The molecular weight excluding hydrogens is 364 g/mol. The molecule has 1 saturated carbocycles. The number of hydrogen-bond donors (Lipinski definition) is 0. The molecule has 120 valence electrons. The van der Waals surface area contributed by atoms with Crippen LogP contribution in [0.3, 0.4) is 0 Å². The van der Waals surface area contributed by atoms with E-state index in [1.165, 1.54) is 0 Å². The minimum Gasteiger partial charge on any atom is -0.460 e. The van der Waals surface area contributed by atoms with Gasteiger partial charge in [0.05, 0.1) is 5.25 Å². The number of halogens is 1. The number of sulfone groups is 1. The number of benzene rings is 1. The second-order valence-electron chi connectivity index (χ2n) is 6.30. The summed E-state index contributed by atoms with van der Waals surface area (Å²) >= 11 is 3.57. The quantitative estimate of drug-likeness (QED) is 0.712. The van der Waals surface area contributed by atoms with Crippen LogP contribution in [0.15, 0.2) is 19.9 Å². The fraction of sp³-hybridized carbons (Fsp3) is 0.529. The highest BCUT2D eigenvalue weighted by Crippen LogP contribution is 2.40. The van der Waals surface area contributed by atoms with Crippen LogP contribution in [0.2, 0.25) is 0 Å². The first kappa shape index (κ1) is 16.1. The topological polar surface area (TPSA) is 47.3 Å². The van der Waals surface area contributed by atoms with Crippen LogP contribution < -0.4 is 0 Å². The highest BCUT2D eigenvalue weighted by molar-refractivity contribution is 9.10. The summed E-state index contributed by atoms with van der Waals surface area (Å²) in [5.74, 6) is 0.515. The van der Waals surface area contributed by atoms with Crippen LogP contribution in [-0.2, 0) is 9.84 Å². The summed E-state index contributed by atoms with van der Waals surface area (Å²) in [6.07, 6.45) is 4.67. The fourth-order valence-corrected chi connectivity index (χ4v) is 6.14. The Hall–Kier alpha value is -0.810. The Balaban J connectivity index is 2.26. The Kier molecular flexibility index (Phi) is 4.14. The first-order chi connectivity index (χ1) is 10.3. The molecule has 3 rings (SSSR count). The van der Waals surface area contributed by atoms with E-state index >= 15 is 0 Å². The van der Waals surface area contributed by atoms with E-state index in [0.29, 0.717) is 16.2 Å². The molecule has 0 spiro atoms. The van der Waals surface area contributed by atoms with Gasteiger partial charge in [-0.1, -0.05) is 35.2 Å². The second kappa shape index (κ2) is 5.68. The van der Waals surface area contributed by atoms with Gasteiger partial charge in [0, 0.05) is 9.86 Å². The van der Waals surface area contributed by atoms with Gasteiger partial charge in [0.2, 0.25) is 0 Å². The average molecular weight is 385 g/mol. The van der Waals surface area contributed by atoms with Gasteiger partial charge >= 0.3 is 0 Å². The lowest BCUT2D eigenvalue weighted by Crippen LogP contribution is -2.24. The Bertz CT molecular complexity index is 827. The van der Waals surface area contributed by atoms with Crippen LogP contribution in [0, 0.1) is 20.8 Å². The van der Waals surface area contributed by atoms with E-state index < -0.39 is 9.84 Å². The molecule has 0 radical (unpaired) electrons. The number of fused-ring (bicyclic) bond motifs is 1. The maximum absolute atomic E-state index is 13.2. The van der Waals surface area contributed by atoms with Crippen molar-refractivity contribution in [3.63, 3.8) is 0 Å². The van der Waals surface area contributed by atoms with Gasteiger partial charge in [-0.3, -0.25) is 0 Å². The van der Waals surface area contributed by atoms with E-state index in [0.717, 1.165) is 53.1 Å². The minimum atomic E-state index is -3.34. The Morgan fingerprint density at radius 2 is 1.77 bits per heavy atom. The van der Waals surface area contributed by atoms with Gasteiger partial charge in [-0.15, -0.1) is 0 Å². The third-order valence-corrected chi connectivity index (χ3v) is 8.36. The third-order valence-electron chi connectivity index (χ3n) is 4.73. The van der Waals surface area contributed by atoms with Gasteiger partial charge in [-0.05, 0) is 50.8 Å². The summed E-state index contributed by atoms with van der Waals surface area (Å²) in [4.78, 5) is 0.410. The van der Waals surface area contributed by atoms with Crippen molar-refractivity contribution in [3.8, 4) is 0 Å². The number of aryl methyl sites for hydroxylation is 3. The summed E-state index contributed by atoms with van der Waals surface area (Å²) in [6.45, 7) is 5.70. The molecule has 22 heavy (non-hydrogen) atoms. The molecule has 1 fully saturated rings. The smallest absolute Gasteiger partial charge is 0.185 e. The molecule has 0 N–H and O–H groups in total. The van der Waals surface area contributed by atoms with Crippen molar-refractivity contribution in [2.45, 2.75) is 63.0 Å². The largest absolute Gasteiger partial charge is 0.460 e. The molecule has 0 bridgehead atoms. The van der Waals surface area contributed by atoms with Gasteiger partial charge in [-0.2, -0.15) is 0 Å². The lowest BCUT2D eigenvalue weighted by Gasteiger charge is -2.21. The summed E-state index contributed by atoms with van der Waals surface area (Å²) in [5.41, 5.74) is 2.67. The van der Waals surface area contributed by atoms with Gasteiger partial charge in [0.15, 0.2) is 9.84 Å². The summed E-state index contributed by atoms with van der Waals surface area (Å²) in [6, 6.07) is 1.92. The standard InChI is InChI=1S/C17H21BrO3S/c1-10-9-14-15(11(2)16(10)18)17(12(3)21-14)22(19,20)13-7-5-4-6-8-13/h9,13H,4-8H2,1-3H3. The van der Waals surface area contributed by atoms with Crippen LogP contribution in [0.5, 0.6) is 0 Å². The van der Waals surface area contributed by atoms with E-state index in [9.17, 15) is 8.42 Å². The van der Waals surface area contributed by atoms with Crippen molar-refractivity contribution in [1.82, 2.24) is 0 Å². The molecule has 3 nitrogen and oxygen atoms in total. The van der Waals surface area contributed by atoms with Gasteiger partial charge in [0.1, 0.15) is 16.2 Å². The molecule has 1 aliphatic rings. The fourth-order valence-electron chi connectivity index (χ4n) is 3.56. The van der Waals surface area contributed by atoms with Gasteiger partial charge < -0.3 is 4.42 Å². The van der Waals surface area contributed by atoms with E-state index in [-0.39, 0.29) is 5.25 Å². The van der Waals surface area contributed by atoms with Crippen LogP contribution in [0.25, 0.3) is 11.0 Å². The number of furan rings is 1. The zero-order chi connectivity index (χ0) is 16.1. The summed E-state index contributed by atoms with van der Waals surface area (Å²) < 4.78 is 33.1. The first-order valence-electron chi connectivity index (χ1n) is 7.76. The normalized spacial score (nSPS) is 17.3. The van der Waals surface area contributed by atoms with E-state index in [1.54, 1.807) is 6.92 Å². The van der Waals surface area contributed by atoms with Crippen molar-refractivity contribution in [1.29, 1.82) is 0 Å². The van der Waals surface area contributed by atoms with Crippen LogP contribution in [0.4, 0.5) is 0 Å². The molecule has 0 atom stereocenters. The Morgan fingerprint density at radius 1 is 1.14 bits per heavy atom. The first-order valence-corrected chi connectivity index (χ1v) is 10.1. The Morgan fingerprint density at radius 3 is 2.41 bits per heavy atom. The Labute approximate surface area is 140 Å². The molecule has 1 aromatic heterocycles. The molecule has 0 unspecified atom stereocenters. The summed E-state index contributed by atoms with van der Waals surface area (Å²) in [7, 11) is -3.34. The molecule has 2 aromatic rings. The molecule has 5 heteroatoms. The zero-order valence-corrected chi connectivity index (χ0v) is 15.6. The molecule has 0 saturated heterocycles. The number of hydrogen-bond acceptors (Lipinski definition) is 3. The summed E-state index contributed by atoms with van der Waals surface area (Å²) in [5, 5.41) is 0.487. The van der Waals surface area contributed by atoms with Crippen molar-refractivity contribution >= 4 is 36.7 Å². The van der Waals surface area contributed by atoms with Crippen molar-refractivity contribution < 1.29 is 12.8 Å². The molecule has 1 heterocycles. The van der Waals surface area contributed by atoms with E-state index in [1.807, 2.05) is 19.9 Å². The second-order valence-corrected chi connectivity index (χ2v) is 9.26. The molecule has 0 aliphatic heterocycles. The molecular formula is C17H21BrO3S. The van der Waals surface area contributed by atoms with Gasteiger partial charge in [-0.25, -0.2) is 8.42 Å². The minimum absolute atomic E-state index is 0.264. The van der Waals surface area contributed by atoms with E-state index in [2.05, 4.69) is 15.9 Å². The van der Waals surface area contributed by atoms with Crippen molar-refractivity contribution in [3.05, 3.63) is 27.4 Å². The lowest BCUT2D eigenvalue weighted by molar-refractivity contribution is 0.481. The predicted octanol–water partition coefficient (Wildman–Crippen LogP) is 5.23. The lowest BCUT2D eigenvalue weighted by atomic mass is 10.0. The van der Waals surface area contributed by atoms with Crippen molar-refractivity contribution in [2.24, 2.45) is 0 Å². The average Bonchev–Trinajstić information content (AvgIpc) is 2.82. The van der Waals surface area contributed by atoms with Crippen molar-refractivity contribution in [2.75, 3.05) is 0 Å². The molecule has 0 amide bonds. The monoisotopic (exact) mass is 384 g/mol. The maximum atomic E-state index is 13.2. The predicted molar refractivity (Wildman–Crippen MR) is 92.2 cm³/mol. The van der Waals surface area contributed by atoms with Crippen LogP contribution in [-0.4, -0.2) is 13.7 Å². The highest BCUT2D eigenvalue weighted by Gasteiger charge is 2.34.